The Balaban J connectivity index is 1.44. The summed E-state index contributed by atoms with van der Waals surface area (Å²) >= 11 is 0. The molecule has 35 heavy (non-hydrogen) atoms. The van der Waals surface area contributed by atoms with Crippen LogP contribution in [0.15, 0.2) is 47.4 Å². The Labute approximate surface area is 206 Å². The zero-order valence-electron chi connectivity index (χ0n) is 20.4. The highest BCUT2D eigenvalue weighted by molar-refractivity contribution is 7.89. The summed E-state index contributed by atoms with van der Waals surface area (Å²) in [6, 6.07) is 12.3. The molecule has 0 aromatic heterocycles. The summed E-state index contributed by atoms with van der Waals surface area (Å²) < 4.78 is 38.6. The van der Waals surface area contributed by atoms with Crippen LogP contribution in [0.4, 0.5) is 5.69 Å². The fourth-order valence-corrected chi connectivity index (χ4v) is 6.39. The quantitative estimate of drug-likeness (QED) is 0.556. The Morgan fingerprint density at radius 3 is 2.49 bits per heavy atom. The predicted molar refractivity (Wildman–Crippen MR) is 132 cm³/mol. The van der Waals surface area contributed by atoms with Gasteiger partial charge in [-0.05, 0) is 74.9 Å². The number of piperidine rings is 1. The summed E-state index contributed by atoms with van der Waals surface area (Å²) in [6.07, 6.45) is 2.71. The van der Waals surface area contributed by atoms with Gasteiger partial charge in [-0.15, -0.1) is 0 Å². The van der Waals surface area contributed by atoms with Gasteiger partial charge in [0.2, 0.25) is 15.9 Å². The van der Waals surface area contributed by atoms with Crippen LogP contribution in [0.5, 0.6) is 5.75 Å². The van der Waals surface area contributed by atoms with Gasteiger partial charge in [0.25, 0.3) is 0 Å². The molecule has 2 aliphatic rings. The molecule has 1 atom stereocenters. The first-order valence-electron chi connectivity index (χ1n) is 11.9. The van der Waals surface area contributed by atoms with Gasteiger partial charge in [-0.3, -0.25) is 9.59 Å². The third-order valence-corrected chi connectivity index (χ3v) is 8.70. The molecule has 0 bridgehead atoms. The average Bonchev–Trinajstić information content (AvgIpc) is 3.67. The summed E-state index contributed by atoms with van der Waals surface area (Å²) in [5.41, 5.74) is 1.75. The van der Waals surface area contributed by atoms with E-state index in [2.05, 4.69) is 5.32 Å². The summed E-state index contributed by atoms with van der Waals surface area (Å²) in [7, 11) is -2.37. The minimum Gasteiger partial charge on any atom is -0.495 e. The number of anilines is 1. The minimum absolute atomic E-state index is 0.106. The Bertz CT molecular complexity index is 1200. The number of carbonyl (C=O) groups is 2. The van der Waals surface area contributed by atoms with Crippen molar-refractivity contribution in [2.75, 3.05) is 32.1 Å². The van der Waals surface area contributed by atoms with Crippen molar-refractivity contribution in [1.82, 2.24) is 4.31 Å². The van der Waals surface area contributed by atoms with Crippen LogP contribution >= 0.6 is 0 Å². The van der Waals surface area contributed by atoms with Gasteiger partial charge >= 0.3 is 5.97 Å². The van der Waals surface area contributed by atoms with Crippen molar-refractivity contribution in [2.24, 2.45) is 5.92 Å². The number of ether oxygens (including phenoxy) is 2. The van der Waals surface area contributed by atoms with Crippen molar-refractivity contribution < 1.29 is 27.5 Å². The normalized spacial score (nSPS) is 19.6. The molecule has 4 rings (SSSR count). The van der Waals surface area contributed by atoms with Gasteiger partial charge in [-0.2, -0.15) is 4.31 Å². The molecule has 9 heteroatoms. The monoisotopic (exact) mass is 500 g/mol. The molecule has 1 aliphatic heterocycles. The van der Waals surface area contributed by atoms with E-state index >= 15 is 0 Å². The zero-order chi connectivity index (χ0) is 25.2. The van der Waals surface area contributed by atoms with Crippen molar-refractivity contribution in [3.05, 3.63) is 53.6 Å². The Morgan fingerprint density at radius 2 is 1.86 bits per heavy atom. The van der Waals surface area contributed by atoms with Crippen LogP contribution in [0, 0.1) is 12.8 Å². The second-order valence-electron chi connectivity index (χ2n) is 9.23. The van der Waals surface area contributed by atoms with E-state index < -0.39 is 21.4 Å². The number of aryl methyl sites for hydroxylation is 1. The summed E-state index contributed by atoms with van der Waals surface area (Å²) in [4.78, 5) is 25.4. The molecule has 188 valence electrons. The maximum absolute atomic E-state index is 13.4. The molecule has 1 amide bonds. The highest BCUT2D eigenvalue weighted by Crippen LogP contribution is 2.49. The van der Waals surface area contributed by atoms with Crippen LogP contribution < -0.4 is 10.1 Å². The first-order chi connectivity index (χ1) is 16.7. The lowest BCUT2D eigenvalue weighted by molar-refractivity contribution is -0.146. The number of methoxy groups -OCH3 is 1. The van der Waals surface area contributed by atoms with Gasteiger partial charge in [-0.25, -0.2) is 8.42 Å². The van der Waals surface area contributed by atoms with Crippen LogP contribution in [0.2, 0.25) is 0 Å². The topological polar surface area (TPSA) is 102 Å². The molecule has 1 unspecified atom stereocenters. The summed E-state index contributed by atoms with van der Waals surface area (Å²) in [5.74, 6) is -0.604. The highest BCUT2D eigenvalue weighted by atomic mass is 32.2. The Morgan fingerprint density at radius 1 is 1.14 bits per heavy atom. The van der Waals surface area contributed by atoms with Crippen LogP contribution in [0.3, 0.4) is 0 Å². The number of nitrogens with one attached hydrogen (secondary N) is 1. The van der Waals surface area contributed by atoms with Gasteiger partial charge in [0.05, 0.1) is 25.0 Å². The second kappa shape index (κ2) is 9.99. The molecule has 8 nitrogen and oxygen atoms in total. The van der Waals surface area contributed by atoms with Crippen molar-refractivity contribution in [1.29, 1.82) is 0 Å². The fraction of sp³-hybridized carbons (Fsp3) is 0.462. The average molecular weight is 501 g/mol. The lowest BCUT2D eigenvalue weighted by atomic mass is 9.95. The predicted octanol–water partition coefficient (Wildman–Crippen LogP) is 3.64. The molecule has 0 spiro atoms. The Kier molecular flexibility index (Phi) is 7.19. The van der Waals surface area contributed by atoms with Gasteiger partial charge in [0.1, 0.15) is 10.6 Å². The number of hydrogen-bond donors (Lipinski definition) is 1. The number of hydrogen-bond acceptors (Lipinski definition) is 6. The van der Waals surface area contributed by atoms with E-state index in [1.807, 2.05) is 19.1 Å². The summed E-state index contributed by atoms with van der Waals surface area (Å²) in [6.45, 7) is 4.43. The molecule has 1 heterocycles. The number of carbonyl (C=O) groups excluding carboxylic acids is 2. The van der Waals surface area contributed by atoms with E-state index in [1.165, 1.54) is 11.4 Å². The van der Waals surface area contributed by atoms with Gasteiger partial charge in [-0.1, -0.05) is 18.2 Å². The Hall–Kier alpha value is -2.91. The molecule has 1 saturated heterocycles. The maximum Gasteiger partial charge on any atom is 0.316 e. The lowest BCUT2D eigenvalue weighted by Gasteiger charge is -2.31. The molecule has 2 aromatic rings. The molecular weight excluding hydrogens is 468 g/mol. The van der Waals surface area contributed by atoms with E-state index in [0.717, 1.165) is 24.0 Å². The van der Waals surface area contributed by atoms with Crippen LogP contribution in [-0.4, -0.2) is 51.4 Å². The molecule has 1 N–H and O–H groups in total. The number of nitrogens with zero attached hydrogens (tertiary/aromatic N) is 1. The van der Waals surface area contributed by atoms with E-state index in [1.54, 1.807) is 37.3 Å². The van der Waals surface area contributed by atoms with Crippen molar-refractivity contribution >= 4 is 27.6 Å². The van der Waals surface area contributed by atoms with Crippen LogP contribution in [0.25, 0.3) is 0 Å². The van der Waals surface area contributed by atoms with Crippen molar-refractivity contribution in [3.8, 4) is 5.75 Å². The van der Waals surface area contributed by atoms with Crippen molar-refractivity contribution in [2.45, 2.75) is 49.8 Å². The van der Waals surface area contributed by atoms with Gasteiger partial charge in [0.15, 0.2) is 0 Å². The minimum atomic E-state index is -3.81. The van der Waals surface area contributed by atoms with Gasteiger partial charge in [0, 0.05) is 18.8 Å². The van der Waals surface area contributed by atoms with E-state index in [0.29, 0.717) is 37.4 Å². The highest BCUT2D eigenvalue weighted by Gasteiger charge is 2.52. The van der Waals surface area contributed by atoms with Gasteiger partial charge < -0.3 is 14.8 Å². The second-order valence-corrected chi connectivity index (χ2v) is 11.1. The first kappa shape index (κ1) is 25.2. The molecule has 1 saturated carbocycles. The molecule has 0 radical (unpaired) electrons. The number of esters is 1. The van der Waals surface area contributed by atoms with Crippen LogP contribution in [0.1, 0.15) is 43.7 Å². The molecular formula is C26H32N2O6S. The number of amides is 1. The van der Waals surface area contributed by atoms with Crippen molar-refractivity contribution in [3.63, 3.8) is 0 Å². The number of rotatable bonds is 8. The fourth-order valence-electron chi connectivity index (χ4n) is 4.62. The molecule has 1 aliphatic carbocycles. The molecule has 2 aromatic carbocycles. The maximum atomic E-state index is 13.4. The van der Waals surface area contributed by atoms with E-state index in [4.69, 9.17) is 9.47 Å². The SMILES string of the molecule is CCOC(=O)C1(c2ccc(NC(=O)C3CCCN(S(=O)(=O)c4cc(C)ccc4OC)C3)cc2)CC1. The first-order valence-corrected chi connectivity index (χ1v) is 13.4. The third kappa shape index (κ3) is 5.06. The van der Waals surface area contributed by atoms with Crippen LogP contribution in [-0.2, 0) is 29.8 Å². The van der Waals surface area contributed by atoms with E-state index in [-0.39, 0.29) is 23.3 Å². The molecule has 2 fully saturated rings. The standard InChI is InChI=1S/C26H32N2O6S/c1-4-34-25(30)26(13-14-26)20-8-10-21(11-9-20)27-24(29)19-6-5-15-28(17-19)35(31,32)23-16-18(2)7-12-22(23)33-3/h7-12,16,19H,4-6,13-15,17H2,1-3H3,(H,27,29). The van der Waals surface area contributed by atoms with E-state index in [9.17, 15) is 18.0 Å². The zero-order valence-corrected chi connectivity index (χ0v) is 21.2. The third-order valence-electron chi connectivity index (χ3n) is 6.81. The largest absolute Gasteiger partial charge is 0.495 e. The number of benzene rings is 2. The number of sulfonamides is 1. The lowest BCUT2D eigenvalue weighted by Crippen LogP contribution is -2.43. The summed E-state index contributed by atoms with van der Waals surface area (Å²) in [5, 5.41) is 2.91. The smallest absolute Gasteiger partial charge is 0.316 e.